The van der Waals surface area contributed by atoms with Crippen molar-refractivity contribution in [1.82, 2.24) is 5.32 Å². The highest BCUT2D eigenvalue weighted by Crippen LogP contribution is 2.02. The van der Waals surface area contributed by atoms with E-state index in [4.69, 9.17) is 11.6 Å². The summed E-state index contributed by atoms with van der Waals surface area (Å²) < 4.78 is 12.7. The average molecular weight is 202 g/mol. The molecule has 3 heteroatoms. The Morgan fingerprint density at radius 1 is 1.38 bits per heavy atom. The maximum Gasteiger partial charge on any atom is 0.123 e. The fourth-order valence-corrected chi connectivity index (χ4v) is 1.21. The van der Waals surface area contributed by atoms with E-state index < -0.39 is 0 Å². The summed E-state index contributed by atoms with van der Waals surface area (Å²) in [5, 5.41) is 3.18. The van der Waals surface area contributed by atoms with Crippen molar-refractivity contribution in [1.29, 1.82) is 0 Å². The Morgan fingerprint density at radius 2 is 2.23 bits per heavy atom. The van der Waals surface area contributed by atoms with Gasteiger partial charge in [0.1, 0.15) is 5.82 Å². The van der Waals surface area contributed by atoms with Crippen LogP contribution in [0.25, 0.3) is 0 Å². The fraction of sp³-hybridized carbons (Fsp3) is 0.400. The molecule has 1 rings (SSSR count). The first kappa shape index (κ1) is 10.5. The summed E-state index contributed by atoms with van der Waals surface area (Å²) in [6.45, 7) is 1.58. The Morgan fingerprint density at radius 3 is 2.92 bits per heavy atom. The zero-order valence-corrected chi connectivity index (χ0v) is 8.15. The van der Waals surface area contributed by atoms with Gasteiger partial charge in [0.25, 0.3) is 0 Å². The van der Waals surface area contributed by atoms with Crippen LogP contribution < -0.4 is 5.32 Å². The van der Waals surface area contributed by atoms with Crippen LogP contribution in [-0.2, 0) is 6.54 Å². The van der Waals surface area contributed by atoms with Gasteiger partial charge in [0.05, 0.1) is 0 Å². The lowest BCUT2D eigenvalue weighted by Crippen LogP contribution is -2.14. The minimum atomic E-state index is -0.184. The lowest BCUT2D eigenvalue weighted by Gasteiger charge is -2.03. The van der Waals surface area contributed by atoms with Crippen molar-refractivity contribution < 1.29 is 4.39 Å². The molecule has 0 saturated heterocycles. The van der Waals surface area contributed by atoms with Gasteiger partial charge in [-0.2, -0.15) is 0 Å². The minimum absolute atomic E-state index is 0.184. The quantitative estimate of drug-likeness (QED) is 0.570. The number of nitrogens with one attached hydrogen (secondary N) is 1. The van der Waals surface area contributed by atoms with E-state index in [-0.39, 0.29) is 5.82 Å². The van der Waals surface area contributed by atoms with Gasteiger partial charge in [0, 0.05) is 12.4 Å². The van der Waals surface area contributed by atoms with Crippen molar-refractivity contribution in [2.45, 2.75) is 13.0 Å². The van der Waals surface area contributed by atoms with Crippen LogP contribution >= 0.6 is 11.6 Å². The van der Waals surface area contributed by atoms with Gasteiger partial charge in [-0.3, -0.25) is 0 Å². The predicted molar refractivity (Wildman–Crippen MR) is 53.4 cm³/mol. The van der Waals surface area contributed by atoms with Gasteiger partial charge in [-0.25, -0.2) is 4.39 Å². The highest BCUT2D eigenvalue weighted by Gasteiger charge is 1.93. The van der Waals surface area contributed by atoms with E-state index in [1.54, 1.807) is 6.07 Å². The monoisotopic (exact) mass is 201 g/mol. The highest BCUT2D eigenvalue weighted by molar-refractivity contribution is 6.17. The SMILES string of the molecule is Fc1cccc(CNCCCCl)c1. The second kappa shape index (κ2) is 5.95. The molecule has 0 fully saturated rings. The number of hydrogen-bond acceptors (Lipinski definition) is 1. The van der Waals surface area contributed by atoms with Crippen LogP contribution in [0.2, 0.25) is 0 Å². The molecule has 1 N–H and O–H groups in total. The Bertz CT molecular complexity index is 252. The Balaban J connectivity index is 2.28. The maximum atomic E-state index is 12.7. The average Bonchev–Trinajstić information content (AvgIpc) is 2.13. The van der Waals surface area contributed by atoms with Crippen molar-refractivity contribution >= 4 is 11.6 Å². The van der Waals surface area contributed by atoms with E-state index in [9.17, 15) is 4.39 Å². The van der Waals surface area contributed by atoms with Crippen LogP contribution in [-0.4, -0.2) is 12.4 Å². The molecule has 0 spiro atoms. The normalized spacial score (nSPS) is 10.3. The van der Waals surface area contributed by atoms with Gasteiger partial charge >= 0.3 is 0 Å². The van der Waals surface area contributed by atoms with Gasteiger partial charge in [-0.15, -0.1) is 11.6 Å². The summed E-state index contributed by atoms with van der Waals surface area (Å²) in [4.78, 5) is 0. The van der Waals surface area contributed by atoms with E-state index in [1.165, 1.54) is 12.1 Å². The van der Waals surface area contributed by atoms with Crippen LogP contribution in [0.4, 0.5) is 4.39 Å². The Labute approximate surface area is 82.9 Å². The van der Waals surface area contributed by atoms with Crippen molar-refractivity contribution in [3.05, 3.63) is 35.6 Å². The molecule has 0 aliphatic heterocycles. The van der Waals surface area contributed by atoms with Crippen LogP contribution in [0.5, 0.6) is 0 Å². The van der Waals surface area contributed by atoms with E-state index >= 15 is 0 Å². The number of rotatable bonds is 5. The molecular formula is C10H13ClFN. The van der Waals surface area contributed by atoms with Crippen molar-refractivity contribution in [2.75, 3.05) is 12.4 Å². The number of halogens is 2. The summed E-state index contributed by atoms with van der Waals surface area (Å²) in [5.41, 5.74) is 0.967. The Kier molecular flexibility index (Phi) is 4.79. The topological polar surface area (TPSA) is 12.0 Å². The van der Waals surface area contributed by atoms with E-state index in [0.29, 0.717) is 12.4 Å². The molecule has 72 valence electrons. The predicted octanol–water partition coefficient (Wildman–Crippen LogP) is 2.54. The fourth-order valence-electron chi connectivity index (χ4n) is 1.07. The molecule has 1 aromatic rings. The molecule has 0 amide bonds. The zero-order chi connectivity index (χ0) is 9.52. The van der Waals surface area contributed by atoms with Crippen LogP contribution in [0.15, 0.2) is 24.3 Å². The number of benzene rings is 1. The van der Waals surface area contributed by atoms with E-state index in [2.05, 4.69) is 5.32 Å². The molecule has 0 aromatic heterocycles. The van der Waals surface area contributed by atoms with E-state index in [0.717, 1.165) is 18.5 Å². The zero-order valence-electron chi connectivity index (χ0n) is 7.39. The van der Waals surface area contributed by atoms with Gasteiger partial charge in [-0.1, -0.05) is 12.1 Å². The summed E-state index contributed by atoms with van der Waals surface area (Å²) in [5.74, 6) is 0.479. The summed E-state index contributed by atoms with van der Waals surface area (Å²) >= 11 is 5.51. The van der Waals surface area contributed by atoms with Crippen LogP contribution in [0, 0.1) is 5.82 Å². The van der Waals surface area contributed by atoms with Crippen LogP contribution in [0.3, 0.4) is 0 Å². The molecule has 0 heterocycles. The van der Waals surface area contributed by atoms with Crippen molar-refractivity contribution in [2.24, 2.45) is 0 Å². The molecular weight excluding hydrogens is 189 g/mol. The van der Waals surface area contributed by atoms with Gasteiger partial charge in [0.2, 0.25) is 0 Å². The highest BCUT2D eigenvalue weighted by atomic mass is 35.5. The largest absolute Gasteiger partial charge is 0.313 e. The number of alkyl halides is 1. The molecule has 0 aliphatic rings. The second-order valence-electron chi connectivity index (χ2n) is 2.85. The lowest BCUT2D eigenvalue weighted by atomic mass is 10.2. The summed E-state index contributed by atoms with van der Waals surface area (Å²) in [6, 6.07) is 6.60. The van der Waals surface area contributed by atoms with Gasteiger partial charge in [0.15, 0.2) is 0 Å². The molecule has 0 radical (unpaired) electrons. The maximum absolute atomic E-state index is 12.7. The smallest absolute Gasteiger partial charge is 0.123 e. The summed E-state index contributed by atoms with van der Waals surface area (Å²) in [7, 11) is 0. The molecule has 0 unspecified atom stereocenters. The second-order valence-corrected chi connectivity index (χ2v) is 3.23. The van der Waals surface area contributed by atoms with Crippen molar-refractivity contribution in [3.63, 3.8) is 0 Å². The molecule has 0 bridgehead atoms. The molecule has 0 aliphatic carbocycles. The molecule has 1 nitrogen and oxygen atoms in total. The Hall–Kier alpha value is -0.600. The van der Waals surface area contributed by atoms with Crippen LogP contribution in [0.1, 0.15) is 12.0 Å². The molecule has 0 atom stereocenters. The molecule has 13 heavy (non-hydrogen) atoms. The first-order valence-corrected chi connectivity index (χ1v) is 4.87. The molecule has 0 saturated carbocycles. The van der Waals surface area contributed by atoms with Gasteiger partial charge in [-0.05, 0) is 30.7 Å². The third-order valence-corrected chi connectivity index (χ3v) is 1.97. The number of hydrogen-bond donors (Lipinski definition) is 1. The molecule has 1 aromatic carbocycles. The van der Waals surface area contributed by atoms with Crippen molar-refractivity contribution in [3.8, 4) is 0 Å². The van der Waals surface area contributed by atoms with E-state index in [1.807, 2.05) is 6.07 Å². The standard InChI is InChI=1S/C10H13ClFN/c11-5-2-6-13-8-9-3-1-4-10(12)7-9/h1,3-4,7,13H,2,5-6,8H2. The first-order valence-electron chi connectivity index (χ1n) is 4.34. The third kappa shape index (κ3) is 4.25. The first-order chi connectivity index (χ1) is 6.33. The summed E-state index contributed by atoms with van der Waals surface area (Å²) in [6.07, 6.45) is 0.941. The van der Waals surface area contributed by atoms with Gasteiger partial charge < -0.3 is 5.32 Å². The minimum Gasteiger partial charge on any atom is -0.313 e. The lowest BCUT2D eigenvalue weighted by molar-refractivity contribution is 0.619. The third-order valence-electron chi connectivity index (χ3n) is 1.71.